The highest BCUT2D eigenvalue weighted by molar-refractivity contribution is 5.03. The second-order valence-electron chi connectivity index (χ2n) is 6.65. The molecule has 3 saturated carbocycles. The molecule has 1 N–H and O–H groups in total. The van der Waals surface area contributed by atoms with Crippen molar-refractivity contribution in [2.45, 2.75) is 69.2 Å². The summed E-state index contributed by atoms with van der Waals surface area (Å²) >= 11 is 0. The van der Waals surface area contributed by atoms with Crippen LogP contribution in [0.1, 0.15) is 51.4 Å². The molecule has 4 rings (SSSR count). The van der Waals surface area contributed by atoms with Gasteiger partial charge in [0.05, 0.1) is 13.2 Å². The molecule has 0 amide bonds. The molecule has 0 aromatic carbocycles. The fraction of sp³-hybridized carbons (Fsp3) is 1.00. The summed E-state index contributed by atoms with van der Waals surface area (Å²) < 4.78 is 11.6. The van der Waals surface area contributed by atoms with Gasteiger partial charge in [-0.1, -0.05) is 0 Å². The fourth-order valence-corrected chi connectivity index (χ4v) is 4.04. The lowest BCUT2D eigenvalue weighted by Gasteiger charge is -2.53. The first-order chi connectivity index (χ1) is 8.28. The largest absolute Gasteiger partial charge is 0.348 e. The van der Waals surface area contributed by atoms with Crippen LogP contribution in [0.3, 0.4) is 0 Å². The van der Waals surface area contributed by atoms with E-state index in [9.17, 15) is 0 Å². The molecule has 1 saturated heterocycles. The van der Waals surface area contributed by atoms with Crippen LogP contribution in [0.4, 0.5) is 0 Å². The number of ether oxygens (including phenoxy) is 2. The van der Waals surface area contributed by atoms with E-state index < -0.39 is 0 Å². The van der Waals surface area contributed by atoms with Gasteiger partial charge in [-0.05, 0) is 43.9 Å². The van der Waals surface area contributed by atoms with E-state index in [0.29, 0.717) is 5.41 Å². The molecule has 0 unspecified atom stereocenters. The predicted molar refractivity (Wildman–Crippen MR) is 64.7 cm³/mol. The molecule has 0 aromatic rings. The maximum atomic E-state index is 5.81. The summed E-state index contributed by atoms with van der Waals surface area (Å²) in [6.07, 6.45) is 10.5. The Morgan fingerprint density at radius 2 is 1.47 bits per heavy atom. The van der Waals surface area contributed by atoms with E-state index in [1.54, 1.807) is 0 Å². The van der Waals surface area contributed by atoms with Crippen LogP contribution in [-0.4, -0.2) is 31.1 Å². The Balaban J connectivity index is 1.30. The SMILES string of the molecule is C1COC2(CCC3(CC2)CC(NC2CC2)C3)O1. The van der Waals surface area contributed by atoms with E-state index >= 15 is 0 Å². The van der Waals surface area contributed by atoms with Gasteiger partial charge in [0.2, 0.25) is 0 Å². The first-order valence-corrected chi connectivity index (χ1v) is 7.32. The van der Waals surface area contributed by atoms with Gasteiger partial charge in [-0.2, -0.15) is 0 Å². The summed E-state index contributed by atoms with van der Waals surface area (Å²) in [6.45, 7) is 1.61. The van der Waals surface area contributed by atoms with Crippen LogP contribution in [0.5, 0.6) is 0 Å². The Labute approximate surface area is 103 Å². The predicted octanol–water partition coefficient (Wildman–Crippen LogP) is 2.20. The smallest absolute Gasteiger partial charge is 0.168 e. The van der Waals surface area contributed by atoms with E-state index in [4.69, 9.17) is 9.47 Å². The van der Waals surface area contributed by atoms with E-state index in [1.807, 2.05) is 0 Å². The summed E-state index contributed by atoms with van der Waals surface area (Å²) in [7, 11) is 0. The van der Waals surface area contributed by atoms with Crippen LogP contribution in [-0.2, 0) is 9.47 Å². The zero-order valence-electron chi connectivity index (χ0n) is 10.5. The van der Waals surface area contributed by atoms with Crippen molar-refractivity contribution in [2.24, 2.45) is 5.41 Å². The lowest BCUT2D eigenvalue weighted by atomic mass is 9.57. The lowest BCUT2D eigenvalue weighted by molar-refractivity contribution is -0.200. The molecule has 4 fully saturated rings. The molecule has 3 heteroatoms. The van der Waals surface area contributed by atoms with Crippen molar-refractivity contribution in [3.05, 3.63) is 0 Å². The first-order valence-electron chi connectivity index (χ1n) is 7.32. The molecule has 0 bridgehead atoms. The third-order valence-electron chi connectivity index (χ3n) is 5.29. The molecule has 3 nitrogen and oxygen atoms in total. The van der Waals surface area contributed by atoms with Crippen molar-refractivity contribution in [1.29, 1.82) is 0 Å². The van der Waals surface area contributed by atoms with Gasteiger partial charge in [-0.25, -0.2) is 0 Å². The molecule has 17 heavy (non-hydrogen) atoms. The molecule has 2 spiro atoms. The highest BCUT2D eigenvalue weighted by Crippen LogP contribution is 2.55. The second kappa shape index (κ2) is 3.69. The summed E-state index contributed by atoms with van der Waals surface area (Å²) in [4.78, 5) is 0. The van der Waals surface area contributed by atoms with Gasteiger partial charge in [-0.15, -0.1) is 0 Å². The van der Waals surface area contributed by atoms with E-state index in [0.717, 1.165) is 38.1 Å². The van der Waals surface area contributed by atoms with Crippen LogP contribution < -0.4 is 5.32 Å². The minimum Gasteiger partial charge on any atom is -0.348 e. The topological polar surface area (TPSA) is 30.5 Å². The van der Waals surface area contributed by atoms with Crippen LogP contribution in [0.2, 0.25) is 0 Å². The molecule has 0 atom stereocenters. The quantitative estimate of drug-likeness (QED) is 0.798. The van der Waals surface area contributed by atoms with Crippen LogP contribution >= 0.6 is 0 Å². The van der Waals surface area contributed by atoms with Crippen LogP contribution in [0, 0.1) is 5.41 Å². The van der Waals surface area contributed by atoms with Crippen molar-refractivity contribution in [1.82, 2.24) is 5.32 Å². The number of hydrogen-bond acceptors (Lipinski definition) is 3. The highest BCUT2D eigenvalue weighted by Gasteiger charge is 2.52. The van der Waals surface area contributed by atoms with Crippen LogP contribution in [0.15, 0.2) is 0 Å². The molecule has 1 aliphatic heterocycles. The molecule has 96 valence electrons. The van der Waals surface area contributed by atoms with Crippen molar-refractivity contribution in [3.8, 4) is 0 Å². The standard InChI is InChI=1S/C14H23NO2/c1-2-11(1)15-12-9-13(10-12)3-5-14(6-4-13)16-7-8-17-14/h11-12,15H,1-10H2. The Kier molecular flexibility index (Phi) is 2.34. The van der Waals surface area contributed by atoms with Crippen molar-refractivity contribution < 1.29 is 9.47 Å². The Hall–Kier alpha value is -0.120. The van der Waals surface area contributed by atoms with Gasteiger partial charge < -0.3 is 14.8 Å². The molecule has 0 radical (unpaired) electrons. The Morgan fingerprint density at radius 1 is 0.824 bits per heavy atom. The Bertz CT molecular complexity index is 289. The lowest BCUT2D eigenvalue weighted by Crippen LogP contribution is -2.53. The van der Waals surface area contributed by atoms with E-state index in [2.05, 4.69) is 5.32 Å². The fourth-order valence-electron chi connectivity index (χ4n) is 4.04. The minimum atomic E-state index is -0.166. The molecule has 0 aromatic heterocycles. The normalized spacial score (nSPS) is 35.3. The van der Waals surface area contributed by atoms with E-state index in [-0.39, 0.29) is 5.79 Å². The average Bonchev–Trinajstić information content (AvgIpc) is 3.00. The zero-order chi connectivity index (χ0) is 11.3. The van der Waals surface area contributed by atoms with Crippen molar-refractivity contribution in [2.75, 3.05) is 13.2 Å². The number of hydrogen-bond donors (Lipinski definition) is 1. The number of rotatable bonds is 2. The van der Waals surface area contributed by atoms with Crippen molar-refractivity contribution >= 4 is 0 Å². The third-order valence-corrected chi connectivity index (χ3v) is 5.29. The minimum absolute atomic E-state index is 0.166. The summed E-state index contributed by atoms with van der Waals surface area (Å²) in [5.74, 6) is -0.166. The molecule has 4 aliphatic rings. The number of nitrogens with one attached hydrogen (secondary N) is 1. The summed E-state index contributed by atoms with van der Waals surface area (Å²) in [5.41, 5.74) is 0.646. The third kappa shape index (κ3) is 1.92. The zero-order valence-corrected chi connectivity index (χ0v) is 10.5. The Morgan fingerprint density at radius 3 is 2.06 bits per heavy atom. The van der Waals surface area contributed by atoms with Gasteiger partial charge in [0.25, 0.3) is 0 Å². The average molecular weight is 237 g/mol. The van der Waals surface area contributed by atoms with Crippen molar-refractivity contribution in [3.63, 3.8) is 0 Å². The van der Waals surface area contributed by atoms with Gasteiger partial charge in [-0.3, -0.25) is 0 Å². The maximum Gasteiger partial charge on any atom is 0.168 e. The maximum absolute atomic E-state index is 5.81. The van der Waals surface area contributed by atoms with Gasteiger partial charge in [0.15, 0.2) is 5.79 Å². The van der Waals surface area contributed by atoms with Gasteiger partial charge >= 0.3 is 0 Å². The van der Waals surface area contributed by atoms with Crippen LogP contribution in [0.25, 0.3) is 0 Å². The molecule has 1 heterocycles. The van der Waals surface area contributed by atoms with Gasteiger partial charge in [0.1, 0.15) is 0 Å². The molecular weight excluding hydrogens is 214 g/mol. The summed E-state index contributed by atoms with van der Waals surface area (Å²) in [6, 6.07) is 1.69. The second-order valence-corrected chi connectivity index (χ2v) is 6.65. The molecule has 3 aliphatic carbocycles. The van der Waals surface area contributed by atoms with E-state index in [1.165, 1.54) is 38.5 Å². The summed E-state index contributed by atoms with van der Waals surface area (Å²) in [5, 5.41) is 3.76. The monoisotopic (exact) mass is 237 g/mol. The van der Waals surface area contributed by atoms with Gasteiger partial charge in [0, 0.05) is 24.9 Å². The highest BCUT2D eigenvalue weighted by atomic mass is 16.7. The molecular formula is C14H23NO2. The first kappa shape index (κ1) is 10.8.